The molecule has 0 aliphatic heterocycles. The molecule has 0 aliphatic carbocycles. The third-order valence-corrected chi connectivity index (χ3v) is 0. The Hall–Kier alpha value is 4.21. The van der Waals surface area contributed by atoms with Crippen molar-refractivity contribution in [2.45, 2.75) is 0 Å². The first kappa shape index (κ1) is 24.1. The van der Waals surface area contributed by atoms with Crippen molar-refractivity contribution in [3.63, 3.8) is 0 Å². The summed E-state index contributed by atoms with van der Waals surface area (Å²) in [5, 5.41) is 0. The Morgan fingerprint density at radius 1 is 1.00 bits per heavy atom. The van der Waals surface area contributed by atoms with Crippen LogP contribution in [-0.4, -0.2) is 101 Å². The summed E-state index contributed by atoms with van der Waals surface area (Å²) in [6.07, 6.45) is 0. The van der Waals surface area contributed by atoms with Gasteiger partial charge in [-0.1, -0.05) is 0 Å². The molecule has 0 atom stereocenters. The molecule has 4 heteroatoms. The van der Waals surface area contributed by atoms with Crippen LogP contribution in [0.2, 0.25) is 0 Å². The van der Waals surface area contributed by atoms with E-state index < -0.39 is 0 Å². The van der Waals surface area contributed by atoms with Crippen LogP contribution in [0.5, 0.6) is 0 Å². The van der Waals surface area contributed by atoms with Crippen LogP contribution in [-0.2, 0) is 27.7 Å². The molecule has 0 saturated carbocycles. The molecule has 0 aromatic carbocycles. The second kappa shape index (κ2) is 15.7. The van der Waals surface area contributed by atoms with Gasteiger partial charge < -0.3 is 0 Å². The second-order valence-corrected chi connectivity index (χ2v) is 0. The molecule has 0 aromatic heterocycles. The van der Waals surface area contributed by atoms with Gasteiger partial charge in [-0.2, -0.15) is 0 Å². The Balaban J connectivity index is 0. The Morgan fingerprint density at radius 3 is 1.00 bits per heavy atom. The Kier molecular flexibility index (Phi) is 94.5. The molecule has 0 heterocycles. The molecule has 0 fully saturated rings. The summed E-state index contributed by atoms with van der Waals surface area (Å²) in [6, 6.07) is 0. The Morgan fingerprint density at radius 2 is 1.00 bits per heavy atom. The van der Waals surface area contributed by atoms with E-state index in [-0.39, 0.29) is 128 Å². The maximum atomic E-state index is 0. The van der Waals surface area contributed by atoms with E-state index in [9.17, 15) is 0 Å². The van der Waals surface area contributed by atoms with Crippen LogP contribution in [0.15, 0.2) is 0 Å². The fourth-order valence-corrected chi connectivity index (χ4v) is 0. The van der Waals surface area contributed by atoms with Gasteiger partial charge in [0.1, 0.15) is 0 Å². The second-order valence-electron chi connectivity index (χ2n) is 0. The van der Waals surface area contributed by atoms with Crippen molar-refractivity contribution in [1.82, 2.24) is 0 Å². The minimum absolute atomic E-state index is 0. The standard InChI is InChI=1S/Ga.Hg.K.Na.5H. The molecular weight excluding hydrogens is 332 g/mol. The Labute approximate surface area is 125 Å². The van der Waals surface area contributed by atoms with E-state index in [1.54, 1.807) is 0 Å². The summed E-state index contributed by atoms with van der Waals surface area (Å²) < 4.78 is 0. The molecule has 0 aliphatic rings. The van der Waals surface area contributed by atoms with Crippen LogP contribution in [0.4, 0.5) is 0 Å². The van der Waals surface area contributed by atoms with Crippen molar-refractivity contribution < 1.29 is 27.7 Å². The van der Waals surface area contributed by atoms with Crippen LogP contribution >= 0.6 is 0 Å². The van der Waals surface area contributed by atoms with Gasteiger partial charge in [-0.25, -0.2) is 0 Å². The zero-order chi connectivity index (χ0) is 0. The molecular formula is H5GaHgKNa. The summed E-state index contributed by atoms with van der Waals surface area (Å²) in [5.41, 5.74) is 0. The molecule has 0 rings (SSSR count). The molecule has 0 nitrogen and oxygen atoms in total. The van der Waals surface area contributed by atoms with Gasteiger partial charge in [-0.3, -0.25) is 0 Å². The van der Waals surface area contributed by atoms with Crippen LogP contribution in [0.3, 0.4) is 0 Å². The first-order valence-corrected chi connectivity index (χ1v) is 0. The van der Waals surface area contributed by atoms with Crippen LogP contribution < -0.4 is 0 Å². The summed E-state index contributed by atoms with van der Waals surface area (Å²) in [5.74, 6) is 0. The van der Waals surface area contributed by atoms with Crippen molar-refractivity contribution in [3.8, 4) is 0 Å². The predicted molar refractivity (Wildman–Crippen MR) is 24.2 cm³/mol. The van der Waals surface area contributed by atoms with E-state index in [1.807, 2.05) is 0 Å². The monoisotopic (exact) mass is 338 g/mol. The average molecular weight is 337 g/mol. The van der Waals surface area contributed by atoms with Crippen LogP contribution in [0.1, 0.15) is 0 Å². The summed E-state index contributed by atoms with van der Waals surface area (Å²) >= 11 is 0. The topological polar surface area (TPSA) is 0 Å². The predicted octanol–water partition coefficient (Wildman–Crippen LogP) is -2.48. The van der Waals surface area contributed by atoms with Crippen LogP contribution in [0, 0.1) is 0 Å². The molecule has 0 aromatic rings. The Bertz CT molecular complexity index is 8.00. The third-order valence-electron chi connectivity index (χ3n) is 0. The number of hydrogen-bond donors (Lipinski definition) is 0. The normalized spacial score (nSPS) is 0. The van der Waals surface area contributed by atoms with E-state index in [0.29, 0.717) is 0 Å². The summed E-state index contributed by atoms with van der Waals surface area (Å²) in [7, 11) is 0. The van der Waals surface area contributed by atoms with Crippen molar-refractivity contribution in [2.24, 2.45) is 0 Å². The van der Waals surface area contributed by atoms with Gasteiger partial charge >= 0.3 is 101 Å². The molecule has 0 radical (unpaired) electrons. The van der Waals surface area contributed by atoms with Gasteiger partial charge in [0.05, 0.1) is 0 Å². The van der Waals surface area contributed by atoms with Crippen molar-refractivity contribution in [3.05, 3.63) is 0 Å². The molecule has 12 valence electrons. The van der Waals surface area contributed by atoms with Crippen molar-refractivity contribution in [1.29, 1.82) is 0 Å². The van der Waals surface area contributed by atoms with E-state index in [4.69, 9.17) is 0 Å². The van der Waals surface area contributed by atoms with E-state index in [2.05, 4.69) is 0 Å². The zero-order valence-electron chi connectivity index (χ0n) is 0.707. The number of rotatable bonds is 0. The van der Waals surface area contributed by atoms with Gasteiger partial charge in [0.15, 0.2) is 0 Å². The molecule has 0 amide bonds. The van der Waals surface area contributed by atoms with Crippen molar-refractivity contribution >= 4 is 101 Å². The maximum absolute atomic E-state index is 0. The van der Waals surface area contributed by atoms with Crippen molar-refractivity contribution in [2.75, 3.05) is 0 Å². The van der Waals surface area contributed by atoms with Gasteiger partial charge in [-0.15, -0.1) is 0 Å². The summed E-state index contributed by atoms with van der Waals surface area (Å²) in [6.45, 7) is 0. The molecule has 4 heavy (non-hydrogen) atoms. The SMILES string of the molecule is [GaH3].[Hg].[KH].[NaH]. The van der Waals surface area contributed by atoms with Gasteiger partial charge in [-0.05, 0) is 0 Å². The van der Waals surface area contributed by atoms with Crippen LogP contribution in [0.25, 0.3) is 0 Å². The van der Waals surface area contributed by atoms with Gasteiger partial charge in [0.25, 0.3) is 0 Å². The summed E-state index contributed by atoms with van der Waals surface area (Å²) in [4.78, 5) is 0. The zero-order valence-corrected chi connectivity index (χ0v) is 6.20. The minimum atomic E-state index is 0. The first-order chi connectivity index (χ1) is 0. The fourth-order valence-electron chi connectivity index (χ4n) is 0. The molecule has 0 unspecified atom stereocenters. The average Bonchev–Trinajstić information content (AvgIpc) is 0. The van der Waals surface area contributed by atoms with E-state index in [0.717, 1.165) is 0 Å². The third kappa shape index (κ3) is 9.51. The fraction of sp³-hybridized carbons (Fsp3) is 0. The number of hydrogen-bond acceptors (Lipinski definition) is 0. The van der Waals surface area contributed by atoms with E-state index in [1.165, 1.54) is 0 Å². The molecule has 0 saturated heterocycles. The quantitative estimate of drug-likeness (QED) is 0.430. The van der Waals surface area contributed by atoms with Gasteiger partial charge in [0, 0.05) is 27.7 Å². The molecule has 0 spiro atoms. The first-order valence-electron chi connectivity index (χ1n) is 0. The molecule has 0 bridgehead atoms. The van der Waals surface area contributed by atoms with Gasteiger partial charge in [0.2, 0.25) is 0 Å². The van der Waals surface area contributed by atoms with E-state index >= 15 is 0 Å². The molecule has 0 N–H and O–H groups in total.